The summed E-state index contributed by atoms with van der Waals surface area (Å²) in [5, 5.41) is 4.40. The van der Waals surface area contributed by atoms with Gasteiger partial charge in [0, 0.05) is 12.5 Å². The van der Waals surface area contributed by atoms with E-state index in [1.54, 1.807) is 0 Å². The van der Waals surface area contributed by atoms with Gasteiger partial charge in [0.15, 0.2) is 0 Å². The molecule has 1 aromatic carbocycles. The molecule has 1 aliphatic carbocycles. The van der Waals surface area contributed by atoms with Crippen molar-refractivity contribution in [3.63, 3.8) is 0 Å². The maximum atomic E-state index is 6.17. The van der Waals surface area contributed by atoms with E-state index in [4.69, 9.17) is 22.3 Å². The van der Waals surface area contributed by atoms with E-state index in [0.29, 0.717) is 17.7 Å². The third-order valence-electron chi connectivity index (χ3n) is 5.32. The van der Waals surface area contributed by atoms with Crippen molar-refractivity contribution in [1.29, 1.82) is 0 Å². The van der Waals surface area contributed by atoms with Gasteiger partial charge in [-0.15, -0.1) is 0 Å². The Morgan fingerprint density at radius 1 is 1.22 bits per heavy atom. The van der Waals surface area contributed by atoms with E-state index in [2.05, 4.69) is 27.4 Å². The standard InChI is InChI=1S/C21H26ClN5/c22-19-11-10-14-5-3-9-18(21(14)27-19)24-15(6-4-12-23)13-20-25-16-7-1-2-8-17(16)26-20/h1-2,7-8,10-11,15,18,24H,3-6,9,12-13,23H2,(H,25,26). The summed E-state index contributed by atoms with van der Waals surface area (Å²) in [6.07, 6.45) is 6.18. The van der Waals surface area contributed by atoms with E-state index in [1.165, 1.54) is 12.0 Å². The Balaban J connectivity index is 1.53. The number of halogens is 1. The first-order chi connectivity index (χ1) is 13.2. The van der Waals surface area contributed by atoms with Crippen LogP contribution in [0.2, 0.25) is 5.15 Å². The van der Waals surface area contributed by atoms with Crippen molar-refractivity contribution in [2.45, 2.75) is 50.6 Å². The van der Waals surface area contributed by atoms with Crippen LogP contribution < -0.4 is 11.1 Å². The minimum absolute atomic E-state index is 0.236. The monoisotopic (exact) mass is 383 g/mol. The summed E-state index contributed by atoms with van der Waals surface area (Å²) in [7, 11) is 0. The summed E-state index contributed by atoms with van der Waals surface area (Å²) in [5.41, 5.74) is 10.3. The summed E-state index contributed by atoms with van der Waals surface area (Å²) in [5.74, 6) is 1.01. The van der Waals surface area contributed by atoms with Gasteiger partial charge in [0.2, 0.25) is 0 Å². The zero-order valence-electron chi connectivity index (χ0n) is 15.4. The number of aromatic amines is 1. The van der Waals surface area contributed by atoms with Gasteiger partial charge in [0.1, 0.15) is 11.0 Å². The number of hydrogen-bond acceptors (Lipinski definition) is 4. The highest BCUT2D eigenvalue weighted by atomic mass is 35.5. The molecule has 0 radical (unpaired) electrons. The van der Waals surface area contributed by atoms with Gasteiger partial charge in [0.25, 0.3) is 0 Å². The number of hydrogen-bond donors (Lipinski definition) is 3. The highest BCUT2D eigenvalue weighted by Crippen LogP contribution is 2.30. The lowest BCUT2D eigenvalue weighted by Gasteiger charge is -2.29. The van der Waals surface area contributed by atoms with Crippen molar-refractivity contribution in [2.24, 2.45) is 5.73 Å². The molecule has 0 saturated carbocycles. The van der Waals surface area contributed by atoms with Gasteiger partial charge in [-0.05, 0) is 62.4 Å². The first-order valence-corrected chi connectivity index (χ1v) is 10.2. The molecule has 4 rings (SSSR count). The molecule has 0 amide bonds. The Morgan fingerprint density at radius 2 is 2.11 bits per heavy atom. The summed E-state index contributed by atoms with van der Waals surface area (Å²) in [4.78, 5) is 12.8. The normalized spacial score (nSPS) is 17.8. The van der Waals surface area contributed by atoms with E-state index in [9.17, 15) is 0 Å². The number of imidazole rings is 1. The first-order valence-electron chi connectivity index (χ1n) is 9.78. The van der Waals surface area contributed by atoms with E-state index in [-0.39, 0.29) is 6.04 Å². The number of benzene rings is 1. The summed E-state index contributed by atoms with van der Waals surface area (Å²) in [6.45, 7) is 0.698. The van der Waals surface area contributed by atoms with Gasteiger partial charge >= 0.3 is 0 Å². The Bertz CT molecular complexity index is 873. The van der Waals surface area contributed by atoms with E-state index in [1.807, 2.05) is 24.3 Å². The fraction of sp³-hybridized carbons (Fsp3) is 0.429. The van der Waals surface area contributed by atoms with Crippen LogP contribution in [0, 0.1) is 0 Å². The molecule has 0 spiro atoms. The Labute approximate surface area is 164 Å². The smallest absolute Gasteiger partial charge is 0.129 e. The van der Waals surface area contributed by atoms with Crippen LogP contribution in [-0.4, -0.2) is 27.5 Å². The fourth-order valence-corrected chi connectivity index (χ4v) is 4.17. The number of pyridine rings is 1. The SMILES string of the molecule is NCCCC(Cc1nc2ccccc2[nH]1)NC1CCCc2ccc(Cl)nc21. The second-order valence-electron chi connectivity index (χ2n) is 7.32. The first kappa shape index (κ1) is 18.4. The molecule has 142 valence electrons. The van der Waals surface area contributed by atoms with Gasteiger partial charge in [-0.25, -0.2) is 9.97 Å². The van der Waals surface area contributed by atoms with Gasteiger partial charge in [0.05, 0.1) is 22.8 Å². The maximum absolute atomic E-state index is 6.17. The van der Waals surface area contributed by atoms with Gasteiger partial charge in [-0.1, -0.05) is 29.8 Å². The van der Waals surface area contributed by atoms with Crippen molar-refractivity contribution in [1.82, 2.24) is 20.3 Å². The van der Waals surface area contributed by atoms with Crippen LogP contribution in [0.25, 0.3) is 11.0 Å². The second-order valence-corrected chi connectivity index (χ2v) is 7.71. The molecule has 27 heavy (non-hydrogen) atoms. The maximum Gasteiger partial charge on any atom is 0.129 e. The molecule has 1 aliphatic rings. The van der Waals surface area contributed by atoms with Crippen LogP contribution in [0.15, 0.2) is 36.4 Å². The molecule has 6 heteroatoms. The predicted molar refractivity (Wildman–Crippen MR) is 110 cm³/mol. The number of aryl methyl sites for hydroxylation is 1. The van der Waals surface area contributed by atoms with Crippen LogP contribution in [-0.2, 0) is 12.8 Å². The van der Waals surface area contributed by atoms with Crippen molar-refractivity contribution < 1.29 is 0 Å². The third-order valence-corrected chi connectivity index (χ3v) is 5.53. The zero-order valence-corrected chi connectivity index (χ0v) is 16.2. The van der Waals surface area contributed by atoms with Gasteiger partial charge in [-0.2, -0.15) is 0 Å². The van der Waals surface area contributed by atoms with Crippen molar-refractivity contribution in [3.05, 3.63) is 58.6 Å². The lowest BCUT2D eigenvalue weighted by Crippen LogP contribution is -2.37. The van der Waals surface area contributed by atoms with Crippen molar-refractivity contribution in [2.75, 3.05) is 6.54 Å². The number of aromatic nitrogens is 3. The third kappa shape index (κ3) is 4.32. The molecule has 2 heterocycles. The van der Waals surface area contributed by atoms with E-state index in [0.717, 1.165) is 54.7 Å². The largest absolute Gasteiger partial charge is 0.342 e. The summed E-state index contributed by atoms with van der Waals surface area (Å²) >= 11 is 6.17. The minimum Gasteiger partial charge on any atom is -0.342 e. The van der Waals surface area contributed by atoms with Crippen LogP contribution >= 0.6 is 11.6 Å². The molecular weight excluding hydrogens is 358 g/mol. The van der Waals surface area contributed by atoms with Gasteiger partial charge in [-0.3, -0.25) is 0 Å². The Hall–Kier alpha value is -1.95. The molecular formula is C21H26ClN5. The molecule has 2 unspecified atom stereocenters. The number of nitrogens with two attached hydrogens (primary N) is 1. The second kappa shape index (κ2) is 8.38. The van der Waals surface area contributed by atoms with Gasteiger partial charge < -0.3 is 16.0 Å². The van der Waals surface area contributed by atoms with Crippen LogP contribution in [0.5, 0.6) is 0 Å². The van der Waals surface area contributed by atoms with E-state index < -0.39 is 0 Å². The molecule has 2 atom stereocenters. The average Bonchev–Trinajstić information content (AvgIpc) is 3.09. The molecule has 0 fully saturated rings. The lowest BCUT2D eigenvalue weighted by molar-refractivity contribution is 0.363. The highest BCUT2D eigenvalue weighted by molar-refractivity contribution is 6.29. The number of fused-ring (bicyclic) bond motifs is 2. The minimum atomic E-state index is 0.236. The zero-order chi connectivity index (χ0) is 18.6. The average molecular weight is 384 g/mol. The fourth-order valence-electron chi connectivity index (χ4n) is 4.02. The van der Waals surface area contributed by atoms with Crippen molar-refractivity contribution in [3.8, 4) is 0 Å². The quantitative estimate of drug-likeness (QED) is 0.540. The molecule has 0 bridgehead atoms. The summed E-state index contributed by atoms with van der Waals surface area (Å²) < 4.78 is 0. The number of para-hydroxylation sites is 2. The predicted octanol–water partition coefficient (Wildman–Crippen LogP) is 3.93. The number of nitrogens with zero attached hydrogens (tertiary/aromatic N) is 2. The molecule has 3 aromatic rings. The number of H-pyrrole nitrogens is 1. The van der Waals surface area contributed by atoms with Crippen LogP contribution in [0.1, 0.15) is 48.8 Å². The molecule has 0 saturated heterocycles. The van der Waals surface area contributed by atoms with Crippen LogP contribution in [0.4, 0.5) is 0 Å². The van der Waals surface area contributed by atoms with Crippen molar-refractivity contribution >= 4 is 22.6 Å². The lowest BCUT2D eigenvalue weighted by atomic mass is 9.90. The van der Waals surface area contributed by atoms with E-state index >= 15 is 0 Å². The number of rotatable bonds is 7. The highest BCUT2D eigenvalue weighted by Gasteiger charge is 2.25. The number of nitrogens with one attached hydrogen (secondary N) is 2. The molecule has 2 aromatic heterocycles. The van der Waals surface area contributed by atoms with Crippen LogP contribution in [0.3, 0.4) is 0 Å². The summed E-state index contributed by atoms with van der Waals surface area (Å²) in [6, 6.07) is 12.7. The molecule has 5 nitrogen and oxygen atoms in total. The topological polar surface area (TPSA) is 79.6 Å². The molecule has 0 aliphatic heterocycles. The Morgan fingerprint density at radius 3 is 2.96 bits per heavy atom. The molecule has 4 N–H and O–H groups in total. The Kier molecular flexibility index (Phi) is 5.72.